The molecule has 0 saturated carbocycles. The van der Waals surface area contributed by atoms with Crippen LogP contribution in [0.15, 0.2) is 77.4 Å². The van der Waals surface area contributed by atoms with Gasteiger partial charge in [0.1, 0.15) is 30.5 Å². The van der Waals surface area contributed by atoms with Crippen LogP contribution < -0.4 is 15.4 Å². The predicted octanol–water partition coefficient (Wildman–Crippen LogP) is 2.64. The molecule has 0 fully saturated rings. The van der Waals surface area contributed by atoms with Crippen molar-refractivity contribution in [1.29, 1.82) is 0 Å². The van der Waals surface area contributed by atoms with Crippen LogP contribution in [-0.4, -0.2) is 27.9 Å². The molecular formula is C23H22N4O4. The third-order valence-electron chi connectivity index (χ3n) is 4.63. The maximum atomic E-state index is 12.5. The maximum absolute atomic E-state index is 12.5. The summed E-state index contributed by atoms with van der Waals surface area (Å²) >= 11 is 0. The van der Waals surface area contributed by atoms with Gasteiger partial charge in [0.2, 0.25) is 11.8 Å². The number of aromatic nitrogens is 2. The smallest absolute Gasteiger partial charge is 0.240 e. The highest BCUT2D eigenvalue weighted by Gasteiger charge is 2.15. The number of nitrogens with zero attached hydrogens (tertiary/aromatic N) is 2. The molecule has 2 amide bonds. The second kappa shape index (κ2) is 9.62. The summed E-state index contributed by atoms with van der Waals surface area (Å²) in [5.41, 5.74) is 1.60. The minimum atomic E-state index is -0.298. The van der Waals surface area contributed by atoms with Crippen molar-refractivity contribution in [1.82, 2.24) is 20.2 Å². The van der Waals surface area contributed by atoms with Crippen molar-refractivity contribution in [3.8, 4) is 5.75 Å². The molecule has 0 unspecified atom stereocenters. The van der Waals surface area contributed by atoms with E-state index in [9.17, 15) is 9.59 Å². The first kappa shape index (κ1) is 20.2. The van der Waals surface area contributed by atoms with E-state index in [1.54, 1.807) is 16.7 Å². The van der Waals surface area contributed by atoms with Gasteiger partial charge in [0.25, 0.3) is 0 Å². The van der Waals surface area contributed by atoms with Crippen LogP contribution in [-0.2, 0) is 29.3 Å². The number of carbonyl (C=O) groups excluding carboxylic acids is 2. The van der Waals surface area contributed by atoms with Gasteiger partial charge in [-0.05, 0) is 36.4 Å². The molecule has 4 rings (SSSR count). The number of para-hydroxylation sites is 3. The highest BCUT2D eigenvalue weighted by atomic mass is 16.5. The number of hydrogen-bond donors (Lipinski definition) is 2. The predicted molar refractivity (Wildman–Crippen MR) is 114 cm³/mol. The molecule has 2 heterocycles. The molecule has 0 spiro atoms. The van der Waals surface area contributed by atoms with Crippen molar-refractivity contribution in [2.24, 2.45) is 0 Å². The maximum Gasteiger partial charge on any atom is 0.240 e. The Kier molecular flexibility index (Phi) is 6.27. The van der Waals surface area contributed by atoms with E-state index in [-0.39, 0.29) is 38.1 Å². The van der Waals surface area contributed by atoms with Crippen molar-refractivity contribution in [2.45, 2.75) is 19.7 Å². The Morgan fingerprint density at radius 2 is 1.74 bits per heavy atom. The van der Waals surface area contributed by atoms with Gasteiger partial charge in [0.05, 0.1) is 30.4 Å². The van der Waals surface area contributed by atoms with Crippen LogP contribution in [0.2, 0.25) is 0 Å². The zero-order valence-electron chi connectivity index (χ0n) is 16.8. The van der Waals surface area contributed by atoms with Crippen molar-refractivity contribution in [2.75, 3.05) is 6.54 Å². The lowest BCUT2D eigenvalue weighted by molar-refractivity contribution is -0.126. The van der Waals surface area contributed by atoms with E-state index in [1.165, 1.54) is 6.26 Å². The average Bonchev–Trinajstić information content (AvgIpc) is 3.44. The standard InChI is InChI=1S/C23H22N4O4/c28-22(24-13-18-9-6-12-30-18)14-25-23(29)15-27-20-11-5-4-10-19(20)26-21(27)16-31-17-7-2-1-3-8-17/h1-12H,13-16H2,(H,24,28)(H,25,29). The first-order chi connectivity index (χ1) is 15.2. The van der Waals surface area contributed by atoms with Gasteiger partial charge < -0.3 is 24.4 Å². The molecule has 0 aliphatic heterocycles. The van der Waals surface area contributed by atoms with Crippen LogP contribution in [0.5, 0.6) is 5.75 Å². The van der Waals surface area contributed by atoms with E-state index in [1.807, 2.05) is 54.6 Å². The third-order valence-corrected chi connectivity index (χ3v) is 4.63. The summed E-state index contributed by atoms with van der Waals surface area (Å²) in [6.07, 6.45) is 1.54. The van der Waals surface area contributed by atoms with Gasteiger partial charge in [-0.25, -0.2) is 4.98 Å². The number of benzene rings is 2. The molecule has 0 aliphatic rings. The monoisotopic (exact) mass is 418 g/mol. The number of rotatable bonds is 9. The Morgan fingerprint density at radius 3 is 2.55 bits per heavy atom. The van der Waals surface area contributed by atoms with E-state index in [0.717, 1.165) is 16.8 Å². The minimum Gasteiger partial charge on any atom is -0.486 e. The van der Waals surface area contributed by atoms with E-state index < -0.39 is 0 Å². The van der Waals surface area contributed by atoms with Gasteiger partial charge in [-0.2, -0.15) is 0 Å². The van der Waals surface area contributed by atoms with Gasteiger partial charge in [0.15, 0.2) is 0 Å². The van der Waals surface area contributed by atoms with Gasteiger partial charge in [-0.3, -0.25) is 9.59 Å². The van der Waals surface area contributed by atoms with Crippen molar-refractivity contribution in [3.05, 3.63) is 84.6 Å². The van der Waals surface area contributed by atoms with E-state index in [4.69, 9.17) is 9.15 Å². The fraction of sp³-hybridized carbons (Fsp3) is 0.174. The van der Waals surface area contributed by atoms with Crippen LogP contribution in [0.3, 0.4) is 0 Å². The van der Waals surface area contributed by atoms with E-state index >= 15 is 0 Å². The Bertz CT molecular complexity index is 1150. The lowest BCUT2D eigenvalue weighted by Gasteiger charge is -2.11. The number of fused-ring (bicyclic) bond motifs is 1. The summed E-state index contributed by atoms with van der Waals surface area (Å²) in [6.45, 7) is 0.395. The number of ether oxygens (including phenoxy) is 1. The molecule has 8 nitrogen and oxygen atoms in total. The molecule has 4 aromatic rings. The summed E-state index contributed by atoms with van der Waals surface area (Å²) in [5, 5.41) is 5.34. The summed E-state index contributed by atoms with van der Waals surface area (Å²) in [4.78, 5) is 29.1. The molecular weight excluding hydrogens is 396 g/mol. The zero-order valence-corrected chi connectivity index (χ0v) is 16.8. The molecule has 2 aromatic heterocycles. The molecule has 0 bridgehead atoms. The summed E-state index contributed by atoms with van der Waals surface area (Å²) in [7, 11) is 0. The van der Waals surface area contributed by atoms with Crippen LogP contribution in [0.1, 0.15) is 11.6 Å². The Morgan fingerprint density at radius 1 is 0.935 bits per heavy atom. The number of hydrogen-bond acceptors (Lipinski definition) is 5. The molecule has 0 radical (unpaired) electrons. The second-order valence-corrected chi connectivity index (χ2v) is 6.84. The first-order valence-corrected chi connectivity index (χ1v) is 9.87. The van der Waals surface area contributed by atoms with Crippen LogP contribution in [0.4, 0.5) is 0 Å². The lowest BCUT2D eigenvalue weighted by Crippen LogP contribution is -2.38. The van der Waals surface area contributed by atoms with Crippen molar-refractivity contribution >= 4 is 22.8 Å². The number of furan rings is 1. The van der Waals surface area contributed by atoms with Crippen LogP contribution in [0, 0.1) is 0 Å². The lowest BCUT2D eigenvalue weighted by atomic mass is 10.3. The van der Waals surface area contributed by atoms with Crippen molar-refractivity contribution in [3.63, 3.8) is 0 Å². The summed E-state index contributed by atoms with van der Waals surface area (Å²) in [6, 6.07) is 20.5. The second-order valence-electron chi connectivity index (χ2n) is 6.84. The molecule has 8 heteroatoms. The Hall–Kier alpha value is -4.07. The van der Waals surface area contributed by atoms with Gasteiger partial charge in [0, 0.05) is 0 Å². The molecule has 0 saturated heterocycles. The molecule has 158 valence electrons. The number of imidazole rings is 1. The number of amides is 2. The first-order valence-electron chi connectivity index (χ1n) is 9.87. The summed E-state index contributed by atoms with van der Waals surface area (Å²) in [5.74, 6) is 1.40. The summed E-state index contributed by atoms with van der Waals surface area (Å²) < 4.78 is 12.8. The highest BCUT2D eigenvalue weighted by Crippen LogP contribution is 2.18. The van der Waals surface area contributed by atoms with E-state index in [0.29, 0.717) is 11.6 Å². The number of carbonyl (C=O) groups is 2. The molecule has 31 heavy (non-hydrogen) atoms. The molecule has 0 aliphatic carbocycles. The molecule has 2 aromatic carbocycles. The fourth-order valence-electron chi connectivity index (χ4n) is 3.12. The van der Waals surface area contributed by atoms with Gasteiger partial charge in [-0.15, -0.1) is 0 Å². The normalized spacial score (nSPS) is 10.7. The Balaban J connectivity index is 1.38. The fourth-order valence-corrected chi connectivity index (χ4v) is 3.12. The zero-order chi connectivity index (χ0) is 21.5. The van der Waals surface area contributed by atoms with E-state index in [2.05, 4.69) is 15.6 Å². The molecule has 2 N–H and O–H groups in total. The highest BCUT2D eigenvalue weighted by molar-refractivity contribution is 5.85. The average molecular weight is 418 g/mol. The number of nitrogens with one attached hydrogen (secondary N) is 2. The van der Waals surface area contributed by atoms with Crippen LogP contribution >= 0.6 is 0 Å². The van der Waals surface area contributed by atoms with Crippen LogP contribution in [0.25, 0.3) is 11.0 Å². The molecule has 0 atom stereocenters. The SMILES string of the molecule is O=C(CNC(=O)Cn1c(COc2ccccc2)nc2ccccc21)NCc1ccco1. The largest absolute Gasteiger partial charge is 0.486 e. The van der Waals surface area contributed by atoms with Crippen molar-refractivity contribution < 1.29 is 18.7 Å². The Labute approximate surface area is 178 Å². The third kappa shape index (κ3) is 5.30. The van der Waals surface area contributed by atoms with Gasteiger partial charge >= 0.3 is 0 Å². The topological polar surface area (TPSA) is 98.4 Å². The van der Waals surface area contributed by atoms with Gasteiger partial charge in [-0.1, -0.05) is 30.3 Å². The minimum absolute atomic E-state index is 0.0272. The quantitative estimate of drug-likeness (QED) is 0.435.